The van der Waals surface area contributed by atoms with Gasteiger partial charge in [0, 0.05) is 21.3 Å². The Kier molecular flexibility index (Phi) is 4.92. The van der Waals surface area contributed by atoms with Crippen molar-refractivity contribution in [2.75, 3.05) is 21.3 Å². The van der Waals surface area contributed by atoms with Crippen LogP contribution in [0.15, 0.2) is 0 Å². The van der Waals surface area contributed by atoms with E-state index in [0.717, 1.165) is 0 Å². The molecule has 6 nitrogen and oxygen atoms in total. The molecule has 1 N–H and O–H groups in total. The van der Waals surface area contributed by atoms with E-state index in [1.165, 1.54) is 21.3 Å². The van der Waals surface area contributed by atoms with Crippen molar-refractivity contribution in [3.05, 3.63) is 0 Å². The highest BCUT2D eigenvalue weighted by Crippen LogP contribution is 2.12. The summed E-state index contributed by atoms with van der Waals surface area (Å²) in [4.78, 5) is 15.4. The molecule has 1 amide bonds. The fourth-order valence-electron chi connectivity index (χ4n) is 0.759. The lowest BCUT2D eigenvalue weighted by Crippen LogP contribution is -2.47. The lowest BCUT2D eigenvalue weighted by molar-refractivity contribution is -0.373. The number of hydrogen-bond acceptors (Lipinski definition) is 4. The Bertz CT molecular complexity index is 164. The first-order valence-electron chi connectivity index (χ1n) is 3.77. The largest absolute Gasteiger partial charge is 0.463 e. The summed E-state index contributed by atoms with van der Waals surface area (Å²) in [5.74, 6) is 0. The van der Waals surface area contributed by atoms with Gasteiger partial charge < -0.3 is 14.6 Å². The van der Waals surface area contributed by atoms with Gasteiger partial charge in [-0.15, -0.1) is 0 Å². The summed E-state index contributed by atoms with van der Waals surface area (Å²) in [6.07, 6.45) is -1.19. The van der Waals surface area contributed by atoms with Gasteiger partial charge in [-0.1, -0.05) is 6.55 Å². The van der Waals surface area contributed by atoms with E-state index in [9.17, 15) is 4.79 Å². The van der Waals surface area contributed by atoms with Gasteiger partial charge in [-0.2, -0.15) is 5.06 Å². The Morgan fingerprint density at radius 1 is 1.46 bits per heavy atom. The molecule has 0 atom stereocenters. The number of hydrogen-bond donors (Lipinski definition) is 1. The van der Waals surface area contributed by atoms with Crippen LogP contribution in [0.2, 0.25) is 6.55 Å². The van der Waals surface area contributed by atoms with Crippen LogP contribution < -0.4 is 0 Å². The van der Waals surface area contributed by atoms with E-state index in [0.29, 0.717) is 5.06 Å². The van der Waals surface area contributed by atoms with Crippen LogP contribution in [0, 0.1) is 0 Å². The molecule has 0 saturated heterocycles. The van der Waals surface area contributed by atoms with Crippen molar-refractivity contribution in [3.63, 3.8) is 0 Å². The molecule has 0 bridgehead atoms. The zero-order chi connectivity index (χ0) is 10.5. The predicted octanol–water partition coefficient (Wildman–Crippen LogP) is -0.351. The van der Waals surface area contributed by atoms with Gasteiger partial charge in [0.1, 0.15) is 9.52 Å². The third kappa shape index (κ3) is 3.31. The number of carboxylic acid groups (broad SMARTS) is 1. The van der Waals surface area contributed by atoms with Crippen molar-refractivity contribution >= 4 is 15.6 Å². The van der Waals surface area contributed by atoms with Gasteiger partial charge in [0.25, 0.3) is 5.60 Å². The van der Waals surface area contributed by atoms with Crippen LogP contribution >= 0.6 is 0 Å². The molecule has 0 heterocycles. The molecular formula is C6H15NO5Si. The second-order valence-electron chi connectivity index (χ2n) is 2.32. The molecule has 0 aliphatic carbocycles. The van der Waals surface area contributed by atoms with Crippen LogP contribution in [-0.2, 0) is 14.3 Å². The van der Waals surface area contributed by atoms with Crippen LogP contribution in [-0.4, -0.2) is 52.6 Å². The SMILES string of the molecule is COC(OC)(ON(C)C(=O)O)[SiH2]C. The number of carbonyl (C=O) groups is 1. The number of ether oxygens (including phenoxy) is 2. The molecular weight excluding hydrogens is 194 g/mol. The van der Waals surface area contributed by atoms with Crippen LogP contribution in [0.1, 0.15) is 0 Å². The van der Waals surface area contributed by atoms with Gasteiger partial charge in [-0.3, -0.25) is 0 Å². The quantitative estimate of drug-likeness (QED) is 0.381. The van der Waals surface area contributed by atoms with Gasteiger partial charge in [0.05, 0.1) is 0 Å². The summed E-state index contributed by atoms with van der Waals surface area (Å²) >= 11 is 0. The molecule has 0 spiro atoms. The minimum Gasteiger partial charge on any atom is -0.463 e. The van der Waals surface area contributed by atoms with Gasteiger partial charge in [0.2, 0.25) is 0 Å². The van der Waals surface area contributed by atoms with Crippen molar-refractivity contribution in [3.8, 4) is 0 Å². The predicted molar refractivity (Wildman–Crippen MR) is 48.0 cm³/mol. The molecule has 0 rings (SSSR count). The maximum absolute atomic E-state index is 10.4. The van der Waals surface area contributed by atoms with Crippen LogP contribution in [0.3, 0.4) is 0 Å². The van der Waals surface area contributed by atoms with Crippen molar-refractivity contribution in [2.24, 2.45) is 0 Å². The average molecular weight is 209 g/mol. The Morgan fingerprint density at radius 3 is 2.15 bits per heavy atom. The van der Waals surface area contributed by atoms with Crippen molar-refractivity contribution < 1.29 is 24.2 Å². The number of hydroxylamine groups is 2. The maximum Gasteiger partial charge on any atom is 0.431 e. The normalized spacial score (nSPS) is 12.3. The smallest absolute Gasteiger partial charge is 0.431 e. The van der Waals surface area contributed by atoms with E-state index in [1.54, 1.807) is 0 Å². The molecule has 0 aromatic heterocycles. The fourth-order valence-corrected chi connectivity index (χ4v) is 1.66. The van der Waals surface area contributed by atoms with Crippen molar-refractivity contribution in [2.45, 2.75) is 12.1 Å². The topological polar surface area (TPSA) is 68.2 Å². The monoisotopic (exact) mass is 209 g/mol. The second-order valence-corrected chi connectivity index (χ2v) is 3.89. The molecule has 0 radical (unpaired) electrons. The zero-order valence-corrected chi connectivity index (χ0v) is 9.65. The Hall–Kier alpha value is -0.633. The highest BCUT2D eigenvalue weighted by atomic mass is 28.2. The molecule has 13 heavy (non-hydrogen) atoms. The van der Waals surface area contributed by atoms with Crippen molar-refractivity contribution in [1.29, 1.82) is 0 Å². The average Bonchev–Trinajstić information content (AvgIpc) is 2.14. The third-order valence-corrected chi connectivity index (χ3v) is 3.17. The lowest BCUT2D eigenvalue weighted by Gasteiger charge is -2.31. The molecule has 78 valence electrons. The summed E-state index contributed by atoms with van der Waals surface area (Å²) in [6, 6.07) is 0. The van der Waals surface area contributed by atoms with E-state index in [4.69, 9.17) is 19.4 Å². The van der Waals surface area contributed by atoms with E-state index >= 15 is 0 Å². The van der Waals surface area contributed by atoms with E-state index < -0.39 is 21.2 Å². The molecule has 7 heteroatoms. The standard InChI is InChI=1S/C6H15NO5Si/c1-7(5(8)9)12-6(10-2,11-3)13-4/h13H2,1-4H3,(H,8,9). The highest BCUT2D eigenvalue weighted by molar-refractivity contribution is 6.36. The van der Waals surface area contributed by atoms with Crippen molar-refractivity contribution in [1.82, 2.24) is 5.06 Å². The van der Waals surface area contributed by atoms with Gasteiger partial charge in [-0.05, 0) is 0 Å². The number of amides is 1. The van der Waals surface area contributed by atoms with E-state index in [-0.39, 0.29) is 0 Å². The van der Waals surface area contributed by atoms with Crippen LogP contribution in [0.25, 0.3) is 0 Å². The van der Waals surface area contributed by atoms with Crippen LogP contribution in [0.5, 0.6) is 0 Å². The Balaban J connectivity index is 4.32. The molecule has 0 aliphatic heterocycles. The summed E-state index contributed by atoms with van der Waals surface area (Å²) in [5, 5.41) is 9.21. The molecule has 0 aromatic rings. The Morgan fingerprint density at radius 2 is 1.92 bits per heavy atom. The maximum atomic E-state index is 10.4. The molecule has 0 aliphatic rings. The van der Waals surface area contributed by atoms with Gasteiger partial charge >= 0.3 is 6.09 Å². The minimum atomic E-state index is -1.19. The number of rotatable bonds is 5. The molecule has 0 fully saturated rings. The first kappa shape index (κ1) is 12.4. The molecule has 0 unspecified atom stereocenters. The molecule has 0 saturated carbocycles. The summed E-state index contributed by atoms with van der Waals surface area (Å²) < 4.78 is 9.94. The summed E-state index contributed by atoms with van der Waals surface area (Å²) in [7, 11) is 3.28. The summed E-state index contributed by atoms with van der Waals surface area (Å²) in [6.45, 7) is 1.89. The zero-order valence-electron chi connectivity index (χ0n) is 8.23. The highest BCUT2D eigenvalue weighted by Gasteiger charge is 2.32. The fraction of sp³-hybridized carbons (Fsp3) is 0.833. The van der Waals surface area contributed by atoms with E-state index in [1.807, 2.05) is 6.55 Å². The number of nitrogens with zero attached hydrogens (tertiary/aromatic N) is 1. The number of methoxy groups -OCH3 is 2. The molecule has 0 aromatic carbocycles. The first-order chi connectivity index (χ1) is 6.01. The lowest BCUT2D eigenvalue weighted by atomic mass is 11.0. The first-order valence-corrected chi connectivity index (χ1v) is 5.89. The van der Waals surface area contributed by atoms with E-state index in [2.05, 4.69) is 0 Å². The van der Waals surface area contributed by atoms with Crippen LogP contribution in [0.4, 0.5) is 4.79 Å². The Labute approximate surface area is 79.1 Å². The summed E-state index contributed by atoms with van der Waals surface area (Å²) in [5.41, 5.74) is -1.19. The third-order valence-electron chi connectivity index (χ3n) is 1.60. The van der Waals surface area contributed by atoms with Gasteiger partial charge in [-0.25, -0.2) is 9.63 Å². The second kappa shape index (κ2) is 5.17. The van der Waals surface area contributed by atoms with Gasteiger partial charge in [0.15, 0.2) is 0 Å². The minimum absolute atomic E-state index is 0.670.